The van der Waals surface area contributed by atoms with Crippen LogP contribution in [0.2, 0.25) is 0 Å². The Labute approximate surface area is 420 Å². The Morgan fingerprint density at radius 3 is 1.60 bits per heavy atom. The van der Waals surface area contributed by atoms with Gasteiger partial charge in [-0.1, -0.05) is 91.1 Å². The zero-order valence-electron chi connectivity index (χ0n) is 39.8. The average Bonchev–Trinajstić information content (AvgIpc) is 4.31. The summed E-state index contributed by atoms with van der Waals surface area (Å²) < 4.78 is 0. The quantitative estimate of drug-likeness (QED) is 0.142. The van der Waals surface area contributed by atoms with Gasteiger partial charge in [0.15, 0.2) is 0 Å². The highest BCUT2D eigenvalue weighted by atomic mass is 15.1. The largest absolute Gasteiger partial charge is 0.264 e. The summed E-state index contributed by atoms with van der Waals surface area (Å²) in [5, 5.41) is 7.71. The van der Waals surface area contributed by atoms with Gasteiger partial charge < -0.3 is 0 Å². The lowest BCUT2D eigenvalue weighted by molar-refractivity contribution is 0.955. The van der Waals surface area contributed by atoms with Gasteiger partial charge in [-0.15, -0.1) is 0 Å². The summed E-state index contributed by atoms with van der Waals surface area (Å²) in [7, 11) is 0. The van der Waals surface area contributed by atoms with Crippen LogP contribution in [0.3, 0.4) is 0 Å². The molecule has 0 amide bonds. The maximum Gasteiger partial charge on any atom is 0.116 e. The van der Waals surface area contributed by atoms with Gasteiger partial charge in [0.2, 0.25) is 0 Å². The number of rotatable bonds is 0. The Bertz CT molecular complexity index is 2680. The molecule has 72 heavy (non-hydrogen) atoms. The summed E-state index contributed by atoms with van der Waals surface area (Å²) in [6.07, 6.45) is 64.8. The van der Waals surface area contributed by atoms with Gasteiger partial charge in [0.25, 0.3) is 0 Å². The predicted molar refractivity (Wildman–Crippen MR) is 287 cm³/mol. The Morgan fingerprint density at radius 1 is 0.278 bits per heavy atom. The predicted octanol–water partition coefficient (Wildman–Crippen LogP) is 10.8. The first-order chi connectivity index (χ1) is 35.7. The molecule has 16 rings (SSSR count). The zero-order chi connectivity index (χ0) is 48.8. The monoisotopic (exact) mass is 940 g/mol. The lowest BCUT2D eigenvalue weighted by atomic mass is 10.2. The highest BCUT2D eigenvalue weighted by Gasteiger charge is 2.08. The van der Waals surface area contributed by atoms with Gasteiger partial charge in [-0.05, 0) is 119 Å². The van der Waals surface area contributed by atoms with E-state index >= 15 is 0 Å². The van der Waals surface area contributed by atoms with E-state index < -0.39 is 0 Å². The topological polar surface area (TPSA) is 155 Å². The molecule has 0 N–H and O–H groups in total. The summed E-state index contributed by atoms with van der Waals surface area (Å²) in [5.41, 5.74) is 19.3. The van der Waals surface area contributed by atoms with Crippen LogP contribution in [0, 0.1) is 0 Å². The first-order valence-corrected chi connectivity index (χ1v) is 24.0. The van der Waals surface area contributed by atoms with E-state index in [1.54, 1.807) is 31.2 Å². The van der Waals surface area contributed by atoms with Crippen LogP contribution in [0.5, 0.6) is 0 Å². The zero-order valence-corrected chi connectivity index (χ0v) is 39.8. The molecular weight excluding hydrogens is 889 g/mol. The van der Waals surface area contributed by atoms with Gasteiger partial charge in [0, 0.05) is 93.2 Å². The van der Waals surface area contributed by atoms with Crippen molar-refractivity contribution in [1.82, 2.24) is 60.0 Å². The lowest BCUT2D eigenvalue weighted by Gasteiger charge is -1.92. The molecule has 0 aromatic carbocycles. The highest BCUT2D eigenvalue weighted by molar-refractivity contribution is 5.61. The van der Waals surface area contributed by atoms with Crippen molar-refractivity contribution in [1.29, 1.82) is 0 Å². The third-order valence-corrected chi connectivity index (χ3v) is 11.9. The van der Waals surface area contributed by atoms with E-state index in [0.717, 1.165) is 91.1 Å². The molecule has 8 aliphatic rings. The molecule has 0 aliphatic heterocycles. The highest BCUT2D eigenvalue weighted by Crippen LogP contribution is 2.20. The third-order valence-electron chi connectivity index (χ3n) is 11.9. The van der Waals surface area contributed by atoms with Gasteiger partial charge in [-0.3, -0.25) is 29.9 Å². The summed E-state index contributed by atoms with van der Waals surface area (Å²) in [5.74, 6) is 0. The maximum absolute atomic E-state index is 4.20. The van der Waals surface area contributed by atoms with Crippen molar-refractivity contribution in [2.24, 2.45) is 0 Å². The van der Waals surface area contributed by atoms with E-state index in [-0.39, 0.29) is 0 Å². The van der Waals surface area contributed by atoms with Gasteiger partial charge in [-0.25, -0.2) is 19.9 Å². The van der Waals surface area contributed by atoms with Gasteiger partial charge in [0.05, 0.1) is 46.1 Å². The van der Waals surface area contributed by atoms with Crippen LogP contribution in [0.15, 0.2) is 172 Å². The van der Waals surface area contributed by atoms with E-state index in [1.807, 2.05) is 86.0 Å². The molecular formula is C60H52N12. The van der Waals surface area contributed by atoms with Gasteiger partial charge >= 0.3 is 0 Å². The average molecular weight is 941 g/mol. The maximum atomic E-state index is 4.20. The number of hydrogen-bond acceptors (Lipinski definition) is 12. The molecule has 0 bridgehead atoms. The summed E-state index contributed by atoms with van der Waals surface area (Å²) in [4.78, 5) is 40.6. The first kappa shape index (κ1) is 47.9. The normalized spacial score (nSPS) is 13.8. The van der Waals surface area contributed by atoms with Crippen LogP contribution in [-0.2, 0) is 51.4 Å². The second-order valence-corrected chi connectivity index (χ2v) is 16.8. The second-order valence-electron chi connectivity index (χ2n) is 16.8. The molecule has 12 heteroatoms. The fourth-order valence-electron chi connectivity index (χ4n) is 8.19. The van der Waals surface area contributed by atoms with Crippen molar-refractivity contribution >= 4 is 48.6 Å². The molecule has 0 fully saturated rings. The molecule has 0 saturated heterocycles. The number of pyridine rings is 4. The minimum Gasteiger partial charge on any atom is -0.264 e. The lowest BCUT2D eigenvalue weighted by Crippen LogP contribution is -1.88. The number of allylic oxidation sites excluding steroid dienone is 8. The number of nitrogens with zero attached hydrogens (tertiary/aromatic N) is 12. The van der Waals surface area contributed by atoms with Crippen LogP contribution in [0.1, 0.15) is 89.9 Å². The molecule has 0 spiro atoms. The summed E-state index contributed by atoms with van der Waals surface area (Å²) >= 11 is 0. The van der Waals surface area contributed by atoms with Crippen molar-refractivity contribution in [3.63, 3.8) is 0 Å². The van der Waals surface area contributed by atoms with E-state index in [9.17, 15) is 0 Å². The van der Waals surface area contributed by atoms with Crippen LogP contribution in [0.4, 0.5) is 0 Å². The molecule has 0 saturated carbocycles. The minimum atomic E-state index is 0.948. The van der Waals surface area contributed by atoms with Crippen molar-refractivity contribution in [3.8, 4) is 0 Å². The number of aromatic nitrogens is 12. The third kappa shape index (κ3) is 13.5. The van der Waals surface area contributed by atoms with E-state index in [1.165, 1.54) is 50.2 Å². The van der Waals surface area contributed by atoms with Crippen molar-refractivity contribution in [3.05, 3.63) is 262 Å². The van der Waals surface area contributed by atoms with Crippen LogP contribution in [0.25, 0.3) is 48.6 Å². The van der Waals surface area contributed by atoms with E-state index in [2.05, 4.69) is 163 Å². The molecule has 8 aliphatic carbocycles. The van der Waals surface area contributed by atoms with Gasteiger partial charge in [0.1, 0.15) is 12.7 Å². The Morgan fingerprint density at radius 2 is 0.806 bits per heavy atom. The van der Waals surface area contributed by atoms with Crippen LogP contribution >= 0.6 is 0 Å². The molecule has 352 valence electrons. The smallest absolute Gasteiger partial charge is 0.116 e. The fourth-order valence-corrected chi connectivity index (χ4v) is 8.19. The van der Waals surface area contributed by atoms with Crippen molar-refractivity contribution < 1.29 is 0 Å². The van der Waals surface area contributed by atoms with Gasteiger partial charge in [-0.2, -0.15) is 10.2 Å². The molecule has 8 heterocycles. The second kappa shape index (κ2) is 25.4. The molecule has 0 unspecified atom stereocenters. The molecule has 0 radical (unpaired) electrons. The summed E-state index contributed by atoms with van der Waals surface area (Å²) in [6, 6.07) is 14.2. The molecule has 8 aromatic heterocycles. The van der Waals surface area contributed by atoms with Crippen molar-refractivity contribution in [2.45, 2.75) is 51.4 Å². The van der Waals surface area contributed by atoms with Crippen molar-refractivity contribution in [2.75, 3.05) is 0 Å². The van der Waals surface area contributed by atoms with Crippen LogP contribution < -0.4 is 0 Å². The first-order valence-electron chi connectivity index (χ1n) is 24.0. The SMILES string of the molecule is C1=Cc2cccnc2C1.C1=Cc2ccncc2C1.C1=Cc2ccnnc2C1.C1=Cc2cnccc2C1.C1=Cc2cncnc2C1.C1=Cc2ncccc2C1.C1=Cc2nccnc2C1.C1=Cc2ncncc2C1. The number of hydrogen-bond donors (Lipinski definition) is 0. The van der Waals surface area contributed by atoms with E-state index in [4.69, 9.17) is 0 Å². The number of fused-ring (bicyclic) bond motifs is 8. The minimum absolute atomic E-state index is 0.948. The molecule has 8 aromatic rings. The summed E-state index contributed by atoms with van der Waals surface area (Å²) in [6.45, 7) is 0. The standard InChI is InChI=1S/4C8H7N.4C7H6N2/c2*1-3-7-4-2-6-9-8(7)5-1;2*1-2-7-4-5-9-6-8(7)3-1;2*1-2-6-4-8-5-9-7(6)3-1;1-2-6-7(3-1)9-5-4-8-6;1-2-6-4-5-8-9-7(6)3-1/h1-2,4-6H,3H2;1-4,6H,5H2;1,3-6H,2H2;1-2,4-6H,3H2;1,3-5H,2H2;3*1-2,4-5H,3H2. The fraction of sp³-hybridized carbons (Fsp3) is 0.133. The Balaban J connectivity index is 0.000000102. The van der Waals surface area contributed by atoms with Crippen LogP contribution in [-0.4, -0.2) is 60.0 Å². The Kier molecular flexibility index (Phi) is 16.9. The molecule has 12 nitrogen and oxygen atoms in total. The molecule has 0 atom stereocenters. The Hall–Kier alpha value is -9.16. The van der Waals surface area contributed by atoms with E-state index in [0.29, 0.717) is 0 Å².